The maximum absolute atomic E-state index is 10.9. The van der Waals surface area contributed by atoms with Gasteiger partial charge in [0.25, 0.3) is 0 Å². The van der Waals surface area contributed by atoms with Crippen molar-refractivity contribution < 1.29 is 14.3 Å². The predicted molar refractivity (Wildman–Crippen MR) is 66.2 cm³/mol. The molecule has 1 aromatic rings. The number of furan rings is 1. The van der Waals surface area contributed by atoms with Gasteiger partial charge in [0.05, 0.1) is 6.54 Å². The molecule has 0 aliphatic heterocycles. The lowest BCUT2D eigenvalue weighted by atomic mass is 10.1. The van der Waals surface area contributed by atoms with Crippen LogP contribution in [0.4, 0.5) is 0 Å². The molecule has 96 valence electrons. The number of carboxylic acids is 1. The highest BCUT2D eigenvalue weighted by Gasteiger charge is 2.18. The molecular formula is C13H21NO3. The highest BCUT2D eigenvalue weighted by Crippen LogP contribution is 2.18. The van der Waals surface area contributed by atoms with Crippen LogP contribution in [0.15, 0.2) is 10.5 Å². The van der Waals surface area contributed by atoms with Gasteiger partial charge >= 0.3 is 5.97 Å². The van der Waals surface area contributed by atoms with Gasteiger partial charge in [0, 0.05) is 11.6 Å². The summed E-state index contributed by atoms with van der Waals surface area (Å²) in [6.07, 6.45) is 0. The van der Waals surface area contributed by atoms with Crippen LogP contribution in [0.25, 0.3) is 0 Å². The summed E-state index contributed by atoms with van der Waals surface area (Å²) in [5.74, 6) is 0.295. The topological polar surface area (TPSA) is 53.7 Å². The average molecular weight is 239 g/mol. The fourth-order valence-electron chi connectivity index (χ4n) is 1.74. The Hall–Kier alpha value is -1.29. The maximum Gasteiger partial charge on any atom is 0.372 e. The number of carbonyl (C=O) groups is 1. The average Bonchev–Trinajstić information content (AvgIpc) is 2.58. The molecule has 0 saturated heterocycles. The predicted octanol–water partition coefficient (Wildman–Crippen LogP) is 2.76. The maximum atomic E-state index is 10.9. The molecule has 1 unspecified atom stereocenters. The summed E-state index contributed by atoms with van der Waals surface area (Å²) in [7, 11) is 2.02. The molecule has 4 nitrogen and oxygen atoms in total. The number of aromatic carboxylic acids is 1. The normalized spacial score (nSPS) is 13.4. The molecule has 1 rings (SSSR count). The third-order valence-electron chi connectivity index (χ3n) is 3.23. The molecular weight excluding hydrogens is 218 g/mol. The molecule has 1 atom stereocenters. The molecule has 0 aliphatic rings. The summed E-state index contributed by atoms with van der Waals surface area (Å²) in [5.41, 5.74) is 0.679. The third kappa shape index (κ3) is 3.33. The van der Waals surface area contributed by atoms with Crippen molar-refractivity contribution in [3.63, 3.8) is 0 Å². The van der Waals surface area contributed by atoms with Crippen molar-refractivity contribution >= 4 is 5.97 Å². The van der Waals surface area contributed by atoms with Crippen molar-refractivity contribution in [3.8, 4) is 0 Å². The molecule has 0 amide bonds. The van der Waals surface area contributed by atoms with Crippen LogP contribution >= 0.6 is 0 Å². The highest BCUT2D eigenvalue weighted by atomic mass is 16.4. The molecule has 17 heavy (non-hydrogen) atoms. The molecule has 0 saturated carbocycles. The van der Waals surface area contributed by atoms with Gasteiger partial charge in [0.2, 0.25) is 5.76 Å². The summed E-state index contributed by atoms with van der Waals surface area (Å²) in [6.45, 7) is 8.86. The Kier molecular flexibility index (Phi) is 4.34. The molecule has 1 heterocycles. The van der Waals surface area contributed by atoms with E-state index in [1.807, 2.05) is 7.05 Å². The molecule has 0 radical (unpaired) electrons. The third-order valence-corrected chi connectivity index (χ3v) is 3.23. The van der Waals surface area contributed by atoms with Crippen LogP contribution in [-0.2, 0) is 6.54 Å². The fourth-order valence-corrected chi connectivity index (χ4v) is 1.74. The Morgan fingerprint density at radius 3 is 2.47 bits per heavy atom. The number of rotatable bonds is 5. The van der Waals surface area contributed by atoms with Gasteiger partial charge in [-0.15, -0.1) is 0 Å². The Morgan fingerprint density at radius 2 is 2.06 bits per heavy atom. The summed E-state index contributed by atoms with van der Waals surface area (Å²) >= 11 is 0. The van der Waals surface area contributed by atoms with Gasteiger partial charge in [-0.25, -0.2) is 4.79 Å². The van der Waals surface area contributed by atoms with Gasteiger partial charge in [-0.05, 0) is 32.9 Å². The van der Waals surface area contributed by atoms with E-state index in [-0.39, 0.29) is 5.76 Å². The second-order valence-electron chi connectivity index (χ2n) is 4.93. The Morgan fingerprint density at radius 1 is 1.47 bits per heavy atom. The number of nitrogens with zero attached hydrogens (tertiary/aromatic N) is 1. The molecule has 0 spiro atoms. The number of hydrogen-bond donors (Lipinski definition) is 1. The molecule has 0 fully saturated rings. The minimum atomic E-state index is -1.01. The first-order valence-corrected chi connectivity index (χ1v) is 5.85. The zero-order valence-electron chi connectivity index (χ0n) is 11.2. The first-order chi connectivity index (χ1) is 7.82. The minimum Gasteiger partial charge on any atom is -0.475 e. The van der Waals surface area contributed by atoms with Gasteiger partial charge in [-0.3, -0.25) is 4.90 Å². The summed E-state index contributed by atoms with van der Waals surface area (Å²) < 4.78 is 5.34. The van der Waals surface area contributed by atoms with Crippen molar-refractivity contribution in [2.75, 3.05) is 7.05 Å². The molecule has 0 bridgehead atoms. The zero-order chi connectivity index (χ0) is 13.2. The van der Waals surface area contributed by atoms with Crippen molar-refractivity contribution in [1.82, 2.24) is 4.90 Å². The monoisotopic (exact) mass is 239 g/mol. The van der Waals surface area contributed by atoms with E-state index in [4.69, 9.17) is 9.52 Å². The number of aryl methyl sites for hydroxylation is 1. The second kappa shape index (κ2) is 5.36. The van der Waals surface area contributed by atoms with Crippen molar-refractivity contribution in [2.45, 2.75) is 40.3 Å². The smallest absolute Gasteiger partial charge is 0.372 e. The van der Waals surface area contributed by atoms with Crippen LogP contribution in [0.5, 0.6) is 0 Å². The van der Waals surface area contributed by atoms with E-state index >= 15 is 0 Å². The number of carboxylic acid groups (broad SMARTS) is 1. The van der Waals surface area contributed by atoms with Crippen molar-refractivity contribution in [1.29, 1.82) is 0 Å². The Labute approximate surface area is 102 Å². The van der Waals surface area contributed by atoms with E-state index in [0.717, 1.165) is 0 Å². The molecule has 0 aliphatic carbocycles. The largest absolute Gasteiger partial charge is 0.475 e. The van der Waals surface area contributed by atoms with Crippen LogP contribution in [0, 0.1) is 12.8 Å². The Balaban J connectivity index is 2.76. The van der Waals surface area contributed by atoms with Gasteiger partial charge in [0.1, 0.15) is 5.76 Å². The summed E-state index contributed by atoms with van der Waals surface area (Å²) in [5, 5.41) is 8.90. The van der Waals surface area contributed by atoms with Gasteiger partial charge in [-0.2, -0.15) is 0 Å². The minimum absolute atomic E-state index is 0.0469. The van der Waals surface area contributed by atoms with E-state index in [1.165, 1.54) is 0 Å². The van der Waals surface area contributed by atoms with Crippen LogP contribution < -0.4 is 0 Å². The van der Waals surface area contributed by atoms with Crippen LogP contribution in [0.1, 0.15) is 42.6 Å². The quantitative estimate of drug-likeness (QED) is 0.858. The fraction of sp³-hybridized carbons (Fsp3) is 0.615. The molecule has 0 aromatic carbocycles. The van der Waals surface area contributed by atoms with E-state index in [2.05, 4.69) is 25.7 Å². The van der Waals surface area contributed by atoms with Crippen LogP contribution in [-0.4, -0.2) is 29.1 Å². The van der Waals surface area contributed by atoms with Crippen LogP contribution in [0.2, 0.25) is 0 Å². The highest BCUT2D eigenvalue weighted by molar-refractivity contribution is 5.86. The summed E-state index contributed by atoms with van der Waals surface area (Å²) in [6, 6.07) is 2.22. The van der Waals surface area contributed by atoms with E-state index in [9.17, 15) is 4.79 Å². The number of hydrogen-bond acceptors (Lipinski definition) is 3. The standard InChI is InChI=1S/C13H21NO3/c1-8(2)10(4)14(5)7-11-6-9(3)12(17-11)13(15)16/h6,8,10H,7H2,1-5H3,(H,15,16). The van der Waals surface area contributed by atoms with Gasteiger partial charge < -0.3 is 9.52 Å². The lowest BCUT2D eigenvalue weighted by Crippen LogP contribution is -2.32. The second-order valence-corrected chi connectivity index (χ2v) is 4.93. The van der Waals surface area contributed by atoms with E-state index in [0.29, 0.717) is 29.8 Å². The Bertz CT molecular complexity index is 395. The lowest BCUT2D eigenvalue weighted by Gasteiger charge is -2.26. The lowest BCUT2D eigenvalue weighted by molar-refractivity contribution is 0.0656. The first-order valence-electron chi connectivity index (χ1n) is 5.85. The van der Waals surface area contributed by atoms with Gasteiger partial charge in [-0.1, -0.05) is 13.8 Å². The van der Waals surface area contributed by atoms with Gasteiger partial charge in [0.15, 0.2) is 0 Å². The van der Waals surface area contributed by atoms with Crippen molar-refractivity contribution in [3.05, 3.63) is 23.2 Å². The SMILES string of the molecule is Cc1cc(CN(C)C(C)C(C)C)oc1C(=O)O. The summed E-state index contributed by atoms with van der Waals surface area (Å²) in [4.78, 5) is 13.0. The van der Waals surface area contributed by atoms with E-state index < -0.39 is 5.97 Å². The zero-order valence-corrected chi connectivity index (χ0v) is 11.2. The van der Waals surface area contributed by atoms with Crippen molar-refractivity contribution in [2.24, 2.45) is 5.92 Å². The molecule has 4 heteroatoms. The molecule has 1 N–H and O–H groups in total. The van der Waals surface area contributed by atoms with E-state index in [1.54, 1.807) is 13.0 Å². The molecule has 1 aromatic heterocycles. The van der Waals surface area contributed by atoms with Crippen LogP contribution in [0.3, 0.4) is 0 Å². The first kappa shape index (κ1) is 13.8.